The van der Waals surface area contributed by atoms with E-state index < -0.39 is 0 Å². The van der Waals surface area contributed by atoms with Crippen LogP contribution in [0.1, 0.15) is 27.4 Å². The molecule has 19 heavy (non-hydrogen) atoms. The number of pyridine rings is 1. The van der Waals surface area contributed by atoms with Crippen molar-refractivity contribution in [2.75, 3.05) is 0 Å². The van der Waals surface area contributed by atoms with Gasteiger partial charge in [0.15, 0.2) is 5.78 Å². The Balaban J connectivity index is 2.19. The van der Waals surface area contributed by atoms with Crippen LogP contribution < -0.4 is 0 Å². The molecular weight excluding hydrogens is 238 g/mol. The number of carbonyl (C=O) groups is 1. The zero-order valence-corrected chi connectivity index (χ0v) is 10.8. The van der Waals surface area contributed by atoms with Gasteiger partial charge in [0.25, 0.3) is 0 Å². The van der Waals surface area contributed by atoms with E-state index in [0.717, 1.165) is 16.5 Å². The molecule has 2 heterocycles. The van der Waals surface area contributed by atoms with Crippen molar-refractivity contribution in [2.24, 2.45) is 0 Å². The van der Waals surface area contributed by atoms with Crippen molar-refractivity contribution in [1.29, 1.82) is 0 Å². The van der Waals surface area contributed by atoms with Gasteiger partial charge in [0, 0.05) is 23.3 Å². The summed E-state index contributed by atoms with van der Waals surface area (Å²) in [4.78, 5) is 16.7. The molecule has 0 saturated heterocycles. The van der Waals surface area contributed by atoms with E-state index in [2.05, 4.69) is 4.98 Å². The molecule has 0 saturated carbocycles. The maximum atomic E-state index is 12.6. The van der Waals surface area contributed by atoms with Gasteiger partial charge >= 0.3 is 0 Å². The lowest BCUT2D eigenvalue weighted by atomic mass is 9.98. The van der Waals surface area contributed by atoms with Crippen LogP contribution in [-0.2, 0) is 0 Å². The molecule has 0 aliphatic rings. The Bertz CT molecular complexity index is 766. The van der Waals surface area contributed by atoms with Gasteiger partial charge in [-0.2, -0.15) is 0 Å². The number of fused-ring (bicyclic) bond motifs is 1. The number of carbonyl (C=O) groups excluding carboxylic acids is 1. The second kappa shape index (κ2) is 4.35. The summed E-state index contributed by atoms with van der Waals surface area (Å²) in [5.41, 5.74) is 1.31. The predicted octanol–water partition coefficient (Wildman–Crippen LogP) is 3.68. The molecular formula is C16H13NO2. The van der Waals surface area contributed by atoms with Crippen molar-refractivity contribution in [1.82, 2.24) is 4.98 Å². The van der Waals surface area contributed by atoms with Crippen molar-refractivity contribution in [3.05, 3.63) is 65.4 Å². The van der Waals surface area contributed by atoms with E-state index in [1.807, 2.05) is 38.1 Å². The van der Waals surface area contributed by atoms with Crippen LogP contribution in [0.4, 0.5) is 0 Å². The second-order valence-electron chi connectivity index (χ2n) is 4.56. The molecule has 1 aromatic carbocycles. The third-order valence-electron chi connectivity index (χ3n) is 3.21. The first-order valence-electron chi connectivity index (χ1n) is 6.11. The SMILES string of the molecule is Cc1cc(C(=O)c2cccc3cnccc23)c(C)o1. The minimum absolute atomic E-state index is 0.00819. The molecule has 2 aromatic heterocycles. The third-order valence-corrected chi connectivity index (χ3v) is 3.21. The highest BCUT2D eigenvalue weighted by molar-refractivity contribution is 6.16. The molecule has 3 nitrogen and oxygen atoms in total. The maximum Gasteiger partial charge on any atom is 0.197 e. The largest absolute Gasteiger partial charge is 0.466 e. The van der Waals surface area contributed by atoms with Crippen LogP contribution in [0.15, 0.2) is 47.1 Å². The van der Waals surface area contributed by atoms with Crippen LogP contribution in [0, 0.1) is 13.8 Å². The highest BCUT2D eigenvalue weighted by atomic mass is 16.3. The van der Waals surface area contributed by atoms with Gasteiger partial charge in [-0.05, 0) is 31.4 Å². The maximum absolute atomic E-state index is 12.6. The summed E-state index contributed by atoms with van der Waals surface area (Å²) in [6.45, 7) is 3.66. The summed E-state index contributed by atoms with van der Waals surface area (Å²) in [5.74, 6) is 1.41. The van der Waals surface area contributed by atoms with Crippen molar-refractivity contribution in [3.63, 3.8) is 0 Å². The number of nitrogens with zero attached hydrogens (tertiary/aromatic N) is 1. The first-order chi connectivity index (χ1) is 9.16. The summed E-state index contributed by atoms with van der Waals surface area (Å²) in [6.07, 6.45) is 3.46. The highest BCUT2D eigenvalue weighted by Crippen LogP contribution is 2.23. The monoisotopic (exact) mass is 251 g/mol. The average molecular weight is 251 g/mol. The van der Waals surface area contributed by atoms with Gasteiger partial charge in [-0.1, -0.05) is 18.2 Å². The van der Waals surface area contributed by atoms with E-state index in [-0.39, 0.29) is 5.78 Å². The Morgan fingerprint density at radius 2 is 2.00 bits per heavy atom. The van der Waals surface area contributed by atoms with Crippen LogP contribution in [0.3, 0.4) is 0 Å². The van der Waals surface area contributed by atoms with E-state index in [1.54, 1.807) is 18.5 Å². The van der Waals surface area contributed by atoms with E-state index in [0.29, 0.717) is 16.9 Å². The molecule has 3 heteroatoms. The van der Waals surface area contributed by atoms with Crippen LogP contribution in [0.5, 0.6) is 0 Å². The van der Waals surface area contributed by atoms with Crippen molar-refractivity contribution in [3.8, 4) is 0 Å². The molecule has 0 unspecified atom stereocenters. The van der Waals surface area contributed by atoms with E-state index in [9.17, 15) is 4.79 Å². The molecule has 0 N–H and O–H groups in total. The molecule has 94 valence electrons. The van der Waals surface area contributed by atoms with Crippen LogP contribution >= 0.6 is 0 Å². The third kappa shape index (κ3) is 1.93. The predicted molar refractivity (Wildman–Crippen MR) is 73.4 cm³/mol. The zero-order chi connectivity index (χ0) is 13.4. The lowest BCUT2D eigenvalue weighted by molar-refractivity contribution is 0.103. The fraction of sp³-hybridized carbons (Fsp3) is 0.125. The van der Waals surface area contributed by atoms with Crippen molar-refractivity contribution < 1.29 is 9.21 Å². The minimum atomic E-state index is -0.00819. The van der Waals surface area contributed by atoms with Gasteiger partial charge < -0.3 is 4.42 Å². The summed E-state index contributed by atoms with van der Waals surface area (Å²) in [5, 5.41) is 1.88. The van der Waals surface area contributed by atoms with E-state index in [4.69, 9.17) is 4.42 Å². The quantitative estimate of drug-likeness (QED) is 0.652. The fourth-order valence-electron chi connectivity index (χ4n) is 2.32. The second-order valence-corrected chi connectivity index (χ2v) is 4.56. The van der Waals surface area contributed by atoms with E-state index in [1.165, 1.54) is 0 Å². The molecule has 0 spiro atoms. The molecule has 0 fully saturated rings. The Hall–Kier alpha value is -2.42. The molecule has 0 atom stereocenters. The van der Waals surface area contributed by atoms with Crippen molar-refractivity contribution in [2.45, 2.75) is 13.8 Å². The standard InChI is InChI=1S/C16H13NO2/c1-10-8-15(11(2)19-10)16(18)14-5-3-4-12-9-17-7-6-13(12)14/h3-9H,1-2H3. The van der Waals surface area contributed by atoms with Crippen LogP contribution in [-0.4, -0.2) is 10.8 Å². The Labute approximate surface area is 110 Å². The molecule has 0 aliphatic heterocycles. The Morgan fingerprint density at radius 3 is 2.74 bits per heavy atom. The molecule has 3 rings (SSSR count). The van der Waals surface area contributed by atoms with Gasteiger partial charge in [0.05, 0.1) is 5.56 Å². The number of hydrogen-bond acceptors (Lipinski definition) is 3. The van der Waals surface area contributed by atoms with Gasteiger partial charge in [-0.25, -0.2) is 0 Å². The van der Waals surface area contributed by atoms with Gasteiger partial charge in [-0.3, -0.25) is 9.78 Å². The summed E-state index contributed by atoms with van der Waals surface area (Å²) in [6, 6.07) is 9.32. The van der Waals surface area contributed by atoms with Crippen molar-refractivity contribution >= 4 is 16.6 Å². The van der Waals surface area contributed by atoms with Crippen LogP contribution in [0.2, 0.25) is 0 Å². The molecule has 3 aromatic rings. The number of rotatable bonds is 2. The molecule has 0 radical (unpaired) electrons. The lowest BCUT2D eigenvalue weighted by Crippen LogP contribution is -2.02. The normalized spacial score (nSPS) is 10.8. The Morgan fingerprint density at radius 1 is 1.16 bits per heavy atom. The average Bonchev–Trinajstić information content (AvgIpc) is 2.76. The smallest absolute Gasteiger partial charge is 0.197 e. The number of aryl methyl sites for hydroxylation is 2. The molecule has 0 aliphatic carbocycles. The number of ketones is 1. The first-order valence-corrected chi connectivity index (χ1v) is 6.11. The lowest BCUT2D eigenvalue weighted by Gasteiger charge is -2.04. The number of aromatic nitrogens is 1. The summed E-state index contributed by atoms with van der Waals surface area (Å²) >= 11 is 0. The Kier molecular flexibility index (Phi) is 2.67. The minimum Gasteiger partial charge on any atom is -0.466 e. The molecule has 0 bridgehead atoms. The highest BCUT2D eigenvalue weighted by Gasteiger charge is 2.17. The first kappa shape index (κ1) is 11.7. The fourth-order valence-corrected chi connectivity index (χ4v) is 2.32. The van der Waals surface area contributed by atoms with Gasteiger partial charge in [0.1, 0.15) is 11.5 Å². The number of benzene rings is 1. The topological polar surface area (TPSA) is 43.1 Å². The number of hydrogen-bond donors (Lipinski definition) is 0. The van der Waals surface area contributed by atoms with Crippen LogP contribution in [0.25, 0.3) is 10.8 Å². The number of furan rings is 1. The molecule has 0 amide bonds. The zero-order valence-electron chi connectivity index (χ0n) is 10.8. The summed E-state index contributed by atoms with van der Waals surface area (Å²) < 4.78 is 5.44. The van der Waals surface area contributed by atoms with Gasteiger partial charge in [0.2, 0.25) is 0 Å². The van der Waals surface area contributed by atoms with E-state index >= 15 is 0 Å². The summed E-state index contributed by atoms with van der Waals surface area (Å²) in [7, 11) is 0. The van der Waals surface area contributed by atoms with Gasteiger partial charge in [-0.15, -0.1) is 0 Å².